The number of benzene rings is 1. The molecule has 2 fully saturated rings. The van der Waals surface area contributed by atoms with E-state index in [1.807, 2.05) is 37.3 Å². The van der Waals surface area contributed by atoms with Crippen molar-refractivity contribution in [3.8, 4) is 11.6 Å². The van der Waals surface area contributed by atoms with Gasteiger partial charge in [-0.2, -0.15) is 0 Å². The molecule has 3 aromatic rings. The lowest BCUT2D eigenvalue weighted by molar-refractivity contribution is -0.143. The number of piperidine rings is 1. The van der Waals surface area contributed by atoms with Crippen LogP contribution in [0.3, 0.4) is 0 Å². The van der Waals surface area contributed by atoms with E-state index in [4.69, 9.17) is 14.2 Å². The van der Waals surface area contributed by atoms with Crippen LogP contribution in [0.5, 0.6) is 11.6 Å². The van der Waals surface area contributed by atoms with Gasteiger partial charge in [0, 0.05) is 50.4 Å². The van der Waals surface area contributed by atoms with Crippen molar-refractivity contribution in [1.82, 2.24) is 15.0 Å². The summed E-state index contributed by atoms with van der Waals surface area (Å²) in [6, 6.07) is 11.4. The van der Waals surface area contributed by atoms with Gasteiger partial charge >= 0.3 is 5.97 Å². The van der Waals surface area contributed by atoms with E-state index in [-0.39, 0.29) is 23.2 Å². The van der Waals surface area contributed by atoms with Crippen LogP contribution in [0.2, 0.25) is 0 Å². The molecule has 5 rings (SSSR count). The number of anilines is 2. The summed E-state index contributed by atoms with van der Waals surface area (Å²) < 4.78 is 17.0. The van der Waals surface area contributed by atoms with Gasteiger partial charge in [-0.1, -0.05) is 20.8 Å². The highest BCUT2D eigenvalue weighted by atomic mass is 16.5. The van der Waals surface area contributed by atoms with Crippen molar-refractivity contribution in [2.24, 2.45) is 17.3 Å². The van der Waals surface area contributed by atoms with Crippen LogP contribution in [-0.4, -0.2) is 66.8 Å². The second-order valence-corrected chi connectivity index (χ2v) is 13.5. The minimum atomic E-state index is -0.159. The molecular weight excluding hydrogens is 582 g/mol. The summed E-state index contributed by atoms with van der Waals surface area (Å²) >= 11 is 0. The van der Waals surface area contributed by atoms with Gasteiger partial charge < -0.3 is 19.1 Å². The van der Waals surface area contributed by atoms with Crippen LogP contribution in [0.25, 0.3) is 0 Å². The van der Waals surface area contributed by atoms with Crippen LogP contribution in [0.4, 0.5) is 11.6 Å². The largest absolute Gasteiger partial charge is 0.497 e. The number of aromatic nitrogens is 3. The molecular formula is C36H47N5O5. The van der Waals surface area contributed by atoms with Crippen molar-refractivity contribution in [1.29, 1.82) is 0 Å². The number of carbonyl (C=O) groups is 2. The fourth-order valence-corrected chi connectivity index (χ4v) is 6.10. The van der Waals surface area contributed by atoms with E-state index >= 15 is 0 Å². The summed E-state index contributed by atoms with van der Waals surface area (Å²) in [7, 11) is 1.64. The molecule has 1 unspecified atom stereocenters. The van der Waals surface area contributed by atoms with Crippen LogP contribution in [-0.2, 0) is 9.53 Å². The third-order valence-electron chi connectivity index (χ3n) is 8.60. The van der Waals surface area contributed by atoms with E-state index < -0.39 is 0 Å². The van der Waals surface area contributed by atoms with Gasteiger partial charge in [-0.3, -0.25) is 14.5 Å². The minimum absolute atomic E-state index is 0.136. The molecule has 1 saturated carbocycles. The second kappa shape index (κ2) is 14.9. The quantitative estimate of drug-likeness (QED) is 0.201. The van der Waals surface area contributed by atoms with Gasteiger partial charge in [-0.05, 0) is 85.6 Å². The number of esters is 1. The summed E-state index contributed by atoms with van der Waals surface area (Å²) in [4.78, 5) is 43.6. The van der Waals surface area contributed by atoms with Gasteiger partial charge in [0.15, 0.2) is 0 Å². The molecule has 10 nitrogen and oxygen atoms in total. The maximum atomic E-state index is 14.1. The van der Waals surface area contributed by atoms with Crippen molar-refractivity contribution in [2.45, 2.75) is 65.7 Å². The molecule has 2 aliphatic rings. The Kier molecular flexibility index (Phi) is 10.8. The molecule has 10 heteroatoms. The first-order valence-corrected chi connectivity index (χ1v) is 16.4. The van der Waals surface area contributed by atoms with E-state index in [1.54, 1.807) is 36.7 Å². The van der Waals surface area contributed by atoms with Crippen LogP contribution in [0.15, 0.2) is 55.0 Å². The molecule has 0 spiro atoms. The Morgan fingerprint density at radius 2 is 1.74 bits per heavy atom. The Bertz CT molecular complexity index is 1470. The van der Waals surface area contributed by atoms with Crippen molar-refractivity contribution in [3.63, 3.8) is 0 Å². The predicted octanol–water partition coefficient (Wildman–Crippen LogP) is 6.32. The molecule has 1 atom stereocenters. The minimum Gasteiger partial charge on any atom is -0.497 e. The predicted molar refractivity (Wildman–Crippen MR) is 178 cm³/mol. The van der Waals surface area contributed by atoms with Gasteiger partial charge in [0.2, 0.25) is 11.8 Å². The molecule has 246 valence electrons. The van der Waals surface area contributed by atoms with E-state index in [0.29, 0.717) is 61.2 Å². The number of methoxy groups -OCH3 is 1. The molecule has 0 bridgehead atoms. The fourth-order valence-electron chi connectivity index (χ4n) is 6.10. The molecule has 1 amide bonds. The maximum Gasteiger partial charge on any atom is 0.306 e. The highest BCUT2D eigenvalue weighted by Gasteiger charge is 2.35. The Labute approximate surface area is 272 Å². The van der Waals surface area contributed by atoms with E-state index in [1.165, 1.54) is 0 Å². The highest BCUT2D eigenvalue weighted by Crippen LogP contribution is 2.45. The van der Waals surface area contributed by atoms with E-state index in [0.717, 1.165) is 50.0 Å². The molecule has 2 aromatic heterocycles. The smallest absolute Gasteiger partial charge is 0.306 e. The van der Waals surface area contributed by atoms with Crippen molar-refractivity contribution in [3.05, 3.63) is 66.1 Å². The lowest BCUT2D eigenvalue weighted by Gasteiger charge is -2.35. The number of ether oxygens (including phenoxy) is 3. The molecule has 0 radical (unpaired) electrons. The summed E-state index contributed by atoms with van der Waals surface area (Å²) in [5.74, 6) is 2.40. The third kappa shape index (κ3) is 8.73. The molecule has 1 aliphatic carbocycles. The van der Waals surface area contributed by atoms with Crippen LogP contribution in [0, 0.1) is 17.3 Å². The SMILES string of the molecule is CCOC(=O)CC(c1ccnc(OCC2CCN(c3cc(OC)ccc3C(=O)N(CC(C)(C)C)c3ncccn3)CC2)c1)C1CC1. The van der Waals surface area contributed by atoms with Gasteiger partial charge in [-0.15, -0.1) is 0 Å². The molecule has 46 heavy (non-hydrogen) atoms. The zero-order valence-corrected chi connectivity index (χ0v) is 27.8. The number of hydrogen-bond donors (Lipinski definition) is 0. The average molecular weight is 630 g/mol. The van der Waals surface area contributed by atoms with Crippen molar-refractivity contribution in [2.75, 3.05) is 49.8 Å². The summed E-state index contributed by atoms with van der Waals surface area (Å²) in [5, 5.41) is 0. The third-order valence-corrected chi connectivity index (χ3v) is 8.60. The monoisotopic (exact) mass is 629 g/mol. The van der Waals surface area contributed by atoms with Gasteiger partial charge in [0.05, 0.1) is 38.0 Å². The molecule has 3 heterocycles. The number of nitrogens with zero attached hydrogens (tertiary/aromatic N) is 5. The molecule has 1 saturated heterocycles. The number of pyridine rings is 1. The number of amides is 1. The first kappa shape index (κ1) is 33.2. The number of hydrogen-bond acceptors (Lipinski definition) is 9. The molecule has 1 aromatic carbocycles. The van der Waals surface area contributed by atoms with E-state index in [2.05, 4.69) is 40.6 Å². The Hall–Kier alpha value is -4.21. The lowest BCUT2D eigenvalue weighted by Crippen LogP contribution is -2.41. The Morgan fingerprint density at radius 3 is 2.39 bits per heavy atom. The molecule has 1 aliphatic heterocycles. The summed E-state index contributed by atoms with van der Waals surface area (Å²) in [5.41, 5.74) is 2.38. The normalized spacial score (nSPS) is 16.1. The average Bonchev–Trinajstić information content (AvgIpc) is 3.91. The van der Waals surface area contributed by atoms with Crippen LogP contribution >= 0.6 is 0 Å². The second-order valence-electron chi connectivity index (χ2n) is 13.5. The lowest BCUT2D eigenvalue weighted by atomic mass is 9.92. The zero-order chi connectivity index (χ0) is 32.7. The standard InChI is InChI=1S/C36H47N5O5/c1-6-45-33(42)22-30(26-8-9-26)27-12-17-37-32(20-27)46-23-25-13-18-40(19-14-25)31-21-28(44-5)10-11-29(31)34(43)41(24-36(2,3)4)35-38-15-7-16-39-35/h7,10-12,15-17,20-21,25-26,30H,6,8-9,13-14,18-19,22-24H2,1-5H3. The van der Waals surface area contributed by atoms with Crippen molar-refractivity contribution >= 4 is 23.5 Å². The van der Waals surface area contributed by atoms with Crippen molar-refractivity contribution < 1.29 is 23.8 Å². The van der Waals surface area contributed by atoms with Gasteiger partial charge in [0.25, 0.3) is 5.91 Å². The first-order chi connectivity index (χ1) is 22.1. The highest BCUT2D eigenvalue weighted by molar-refractivity contribution is 6.09. The van der Waals surface area contributed by atoms with Gasteiger partial charge in [0.1, 0.15) is 5.75 Å². The summed E-state index contributed by atoms with van der Waals surface area (Å²) in [6.07, 6.45) is 9.58. The van der Waals surface area contributed by atoms with Crippen LogP contribution < -0.4 is 19.3 Å². The fraction of sp³-hybridized carbons (Fsp3) is 0.528. The first-order valence-electron chi connectivity index (χ1n) is 16.4. The topological polar surface area (TPSA) is 107 Å². The van der Waals surface area contributed by atoms with Crippen LogP contribution in [0.1, 0.15) is 81.6 Å². The van der Waals surface area contributed by atoms with E-state index in [9.17, 15) is 9.59 Å². The number of rotatable bonds is 13. The Balaban J connectivity index is 1.25. The molecule has 0 N–H and O–H groups in total. The zero-order valence-electron chi connectivity index (χ0n) is 27.8. The Morgan fingerprint density at radius 1 is 1.00 bits per heavy atom. The summed E-state index contributed by atoms with van der Waals surface area (Å²) in [6.45, 7) is 11.1. The number of carbonyl (C=O) groups excluding carboxylic acids is 2. The maximum absolute atomic E-state index is 14.1. The van der Waals surface area contributed by atoms with Gasteiger partial charge in [-0.25, -0.2) is 15.0 Å².